The summed E-state index contributed by atoms with van der Waals surface area (Å²) in [5.74, 6) is 1.84. The Labute approximate surface area is 160 Å². The molecule has 1 aliphatic heterocycles. The SMILES string of the molecule is COc1ccc(N2CCN(Cc3cnc(-c4ccccc4)[nH]3)CC2C)cc1. The molecule has 0 bridgehead atoms. The van der Waals surface area contributed by atoms with Gasteiger partial charge in [-0.3, -0.25) is 4.90 Å². The van der Waals surface area contributed by atoms with Crippen molar-refractivity contribution in [2.24, 2.45) is 0 Å². The first-order valence-corrected chi connectivity index (χ1v) is 9.45. The summed E-state index contributed by atoms with van der Waals surface area (Å²) in [6.07, 6.45) is 1.96. The third-order valence-electron chi connectivity index (χ3n) is 5.19. The molecule has 0 aliphatic carbocycles. The molecule has 1 saturated heterocycles. The minimum atomic E-state index is 0.462. The second kappa shape index (κ2) is 7.84. The van der Waals surface area contributed by atoms with Crippen LogP contribution in [0.25, 0.3) is 11.4 Å². The molecule has 1 N–H and O–H groups in total. The fourth-order valence-corrected chi connectivity index (χ4v) is 3.76. The molecule has 4 rings (SSSR count). The van der Waals surface area contributed by atoms with Crippen LogP contribution >= 0.6 is 0 Å². The van der Waals surface area contributed by atoms with E-state index in [1.54, 1.807) is 7.11 Å². The maximum Gasteiger partial charge on any atom is 0.137 e. The lowest BCUT2D eigenvalue weighted by Crippen LogP contribution is -2.51. The molecule has 2 heterocycles. The van der Waals surface area contributed by atoms with Crippen molar-refractivity contribution in [2.75, 3.05) is 31.6 Å². The number of hydrogen-bond acceptors (Lipinski definition) is 4. The average Bonchev–Trinajstić information content (AvgIpc) is 3.17. The van der Waals surface area contributed by atoms with Crippen LogP contribution in [0, 0.1) is 0 Å². The maximum absolute atomic E-state index is 5.26. The Bertz CT molecular complexity index is 860. The van der Waals surface area contributed by atoms with Crippen molar-refractivity contribution < 1.29 is 4.74 Å². The molecule has 5 heteroatoms. The second-order valence-electron chi connectivity index (χ2n) is 7.10. The molecule has 27 heavy (non-hydrogen) atoms. The number of piperazine rings is 1. The van der Waals surface area contributed by atoms with E-state index in [9.17, 15) is 0 Å². The van der Waals surface area contributed by atoms with Crippen molar-refractivity contribution in [3.63, 3.8) is 0 Å². The van der Waals surface area contributed by atoms with Gasteiger partial charge in [0.25, 0.3) is 0 Å². The standard InChI is InChI=1S/C22H26N4O/c1-17-15-25(12-13-26(17)20-8-10-21(27-2)11-9-20)16-19-14-23-22(24-19)18-6-4-3-5-7-18/h3-11,14,17H,12-13,15-16H2,1-2H3,(H,23,24). The zero-order valence-corrected chi connectivity index (χ0v) is 15.9. The summed E-state index contributed by atoms with van der Waals surface area (Å²) in [5, 5.41) is 0. The van der Waals surface area contributed by atoms with E-state index < -0.39 is 0 Å². The molecule has 0 spiro atoms. The summed E-state index contributed by atoms with van der Waals surface area (Å²) in [6.45, 7) is 6.29. The molecule has 1 aliphatic rings. The Kier molecular flexibility index (Phi) is 5.12. The number of imidazole rings is 1. The number of nitrogens with one attached hydrogen (secondary N) is 1. The lowest BCUT2D eigenvalue weighted by molar-refractivity contribution is 0.219. The van der Waals surface area contributed by atoms with Crippen LogP contribution in [0.3, 0.4) is 0 Å². The third kappa shape index (κ3) is 3.98. The van der Waals surface area contributed by atoms with Gasteiger partial charge >= 0.3 is 0 Å². The summed E-state index contributed by atoms with van der Waals surface area (Å²) in [4.78, 5) is 13.0. The number of rotatable bonds is 5. The van der Waals surface area contributed by atoms with Crippen molar-refractivity contribution >= 4 is 5.69 Å². The second-order valence-corrected chi connectivity index (χ2v) is 7.10. The van der Waals surface area contributed by atoms with E-state index in [0.29, 0.717) is 6.04 Å². The smallest absolute Gasteiger partial charge is 0.137 e. The summed E-state index contributed by atoms with van der Waals surface area (Å²) in [5.41, 5.74) is 3.55. The minimum Gasteiger partial charge on any atom is -0.497 e. The van der Waals surface area contributed by atoms with Crippen LogP contribution in [-0.4, -0.2) is 47.7 Å². The predicted octanol–water partition coefficient (Wildman–Crippen LogP) is 3.80. The minimum absolute atomic E-state index is 0.462. The van der Waals surface area contributed by atoms with Gasteiger partial charge < -0.3 is 14.6 Å². The van der Waals surface area contributed by atoms with E-state index in [4.69, 9.17) is 4.74 Å². The fraction of sp³-hybridized carbons (Fsp3) is 0.318. The summed E-state index contributed by atoms with van der Waals surface area (Å²) < 4.78 is 5.26. The molecular formula is C22H26N4O. The molecule has 0 amide bonds. The van der Waals surface area contributed by atoms with Gasteiger partial charge in [0.15, 0.2) is 0 Å². The van der Waals surface area contributed by atoms with E-state index in [-0.39, 0.29) is 0 Å². The van der Waals surface area contributed by atoms with Crippen LogP contribution in [0.2, 0.25) is 0 Å². The number of anilines is 1. The Morgan fingerprint density at radius 3 is 2.56 bits per heavy atom. The average molecular weight is 362 g/mol. The predicted molar refractivity (Wildman–Crippen MR) is 109 cm³/mol. The Morgan fingerprint density at radius 1 is 1.07 bits per heavy atom. The quantitative estimate of drug-likeness (QED) is 0.750. The van der Waals surface area contributed by atoms with Gasteiger partial charge in [0, 0.05) is 55.4 Å². The first kappa shape index (κ1) is 17.6. The van der Waals surface area contributed by atoms with Crippen LogP contribution < -0.4 is 9.64 Å². The molecule has 1 fully saturated rings. The zero-order valence-electron chi connectivity index (χ0n) is 15.9. The highest BCUT2D eigenvalue weighted by molar-refractivity contribution is 5.54. The van der Waals surface area contributed by atoms with Crippen molar-refractivity contribution in [3.8, 4) is 17.1 Å². The van der Waals surface area contributed by atoms with Crippen molar-refractivity contribution in [2.45, 2.75) is 19.5 Å². The summed E-state index contributed by atoms with van der Waals surface area (Å²) in [7, 11) is 1.70. The number of aromatic nitrogens is 2. The first-order valence-electron chi connectivity index (χ1n) is 9.45. The number of nitrogens with zero attached hydrogens (tertiary/aromatic N) is 3. The van der Waals surface area contributed by atoms with Gasteiger partial charge in [-0.15, -0.1) is 0 Å². The molecule has 1 atom stereocenters. The van der Waals surface area contributed by atoms with Crippen LogP contribution in [0.5, 0.6) is 5.75 Å². The van der Waals surface area contributed by atoms with Crippen molar-refractivity contribution in [1.82, 2.24) is 14.9 Å². The Morgan fingerprint density at radius 2 is 1.85 bits per heavy atom. The molecule has 2 aromatic carbocycles. The lowest BCUT2D eigenvalue weighted by atomic mass is 10.1. The van der Waals surface area contributed by atoms with Crippen LogP contribution in [0.1, 0.15) is 12.6 Å². The molecule has 0 saturated carbocycles. The van der Waals surface area contributed by atoms with Crippen molar-refractivity contribution in [1.29, 1.82) is 0 Å². The van der Waals surface area contributed by atoms with Gasteiger partial charge in [0.05, 0.1) is 7.11 Å². The maximum atomic E-state index is 5.26. The lowest BCUT2D eigenvalue weighted by Gasteiger charge is -2.41. The Hall–Kier alpha value is -2.79. The van der Waals surface area contributed by atoms with Crippen LogP contribution in [0.15, 0.2) is 60.8 Å². The van der Waals surface area contributed by atoms with E-state index in [0.717, 1.165) is 43.3 Å². The molecule has 0 radical (unpaired) electrons. The van der Waals surface area contributed by atoms with Crippen LogP contribution in [-0.2, 0) is 6.54 Å². The molecular weight excluding hydrogens is 336 g/mol. The molecule has 5 nitrogen and oxygen atoms in total. The monoisotopic (exact) mass is 362 g/mol. The third-order valence-corrected chi connectivity index (χ3v) is 5.19. The number of ether oxygens (including phenoxy) is 1. The highest BCUT2D eigenvalue weighted by Crippen LogP contribution is 2.24. The largest absolute Gasteiger partial charge is 0.497 e. The number of aromatic amines is 1. The normalized spacial score (nSPS) is 17.9. The fourth-order valence-electron chi connectivity index (χ4n) is 3.76. The Balaban J connectivity index is 1.38. The van der Waals surface area contributed by atoms with E-state index in [1.165, 1.54) is 11.4 Å². The zero-order chi connectivity index (χ0) is 18.6. The van der Waals surface area contributed by atoms with Gasteiger partial charge in [0.1, 0.15) is 11.6 Å². The summed E-state index contributed by atoms with van der Waals surface area (Å²) >= 11 is 0. The highest BCUT2D eigenvalue weighted by atomic mass is 16.5. The molecule has 1 unspecified atom stereocenters. The first-order chi connectivity index (χ1) is 13.2. The van der Waals surface area contributed by atoms with Gasteiger partial charge in [-0.1, -0.05) is 30.3 Å². The van der Waals surface area contributed by atoms with E-state index in [1.807, 2.05) is 36.5 Å². The molecule has 3 aromatic rings. The van der Waals surface area contributed by atoms with Gasteiger partial charge in [-0.2, -0.15) is 0 Å². The summed E-state index contributed by atoms with van der Waals surface area (Å²) in [6, 6.07) is 19.1. The topological polar surface area (TPSA) is 44.4 Å². The number of methoxy groups -OCH3 is 1. The molecule has 140 valence electrons. The van der Waals surface area contributed by atoms with Crippen LogP contribution in [0.4, 0.5) is 5.69 Å². The van der Waals surface area contributed by atoms with Gasteiger partial charge in [-0.05, 0) is 31.2 Å². The number of benzene rings is 2. The molecule has 1 aromatic heterocycles. The number of hydrogen-bond donors (Lipinski definition) is 1. The van der Waals surface area contributed by atoms with Gasteiger partial charge in [0.2, 0.25) is 0 Å². The van der Waals surface area contributed by atoms with Gasteiger partial charge in [-0.25, -0.2) is 4.98 Å². The van der Waals surface area contributed by atoms with E-state index >= 15 is 0 Å². The highest BCUT2D eigenvalue weighted by Gasteiger charge is 2.24. The van der Waals surface area contributed by atoms with E-state index in [2.05, 4.69) is 51.0 Å². The van der Waals surface area contributed by atoms with Crippen molar-refractivity contribution in [3.05, 3.63) is 66.5 Å². The number of H-pyrrole nitrogens is 1.